The summed E-state index contributed by atoms with van der Waals surface area (Å²) in [6.45, 7) is 3.60. The van der Waals surface area contributed by atoms with E-state index in [0.717, 1.165) is 24.7 Å². The van der Waals surface area contributed by atoms with E-state index < -0.39 is 33.7 Å². The molecule has 0 bridgehead atoms. The van der Waals surface area contributed by atoms with Crippen LogP contribution in [0.15, 0.2) is 54.3 Å². The smallest absolute Gasteiger partial charge is 0.419 e. The Balaban J connectivity index is 1.33. The van der Waals surface area contributed by atoms with Crippen molar-refractivity contribution < 1.29 is 36.2 Å². The van der Waals surface area contributed by atoms with Gasteiger partial charge >= 0.3 is 12.2 Å². The van der Waals surface area contributed by atoms with Crippen LogP contribution in [0.1, 0.15) is 45.1 Å². The van der Waals surface area contributed by atoms with E-state index in [4.69, 9.17) is 9.47 Å². The number of anilines is 2. The summed E-state index contributed by atoms with van der Waals surface area (Å²) in [4.78, 5) is 30.5. The highest BCUT2D eigenvalue weighted by Gasteiger charge is 2.36. The molecule has 1 atom stereocenters. The molecule has 1 aliphatic carbocycles. The van der Waals surface area contributed by atoms with Crippen molar-refractivity contribution in [1.82, 2.24) is 34.9 Å². The van der Waals surface area contributed by atoms with Crippen LogP contribution in [0.2, 0.25) is 0 Å². The molecule has 4 aromatic rings. The summed E-state index contributed by atoms with van der Waals surface area (Å²) >= 11 is 0. The summed E-state index contributed by atoms with van der Waals surface area (Å²) in [5.41, 5.74) is -0.579. The minimum atomic E-state index is -4.79. The first-order valence-electron chi connectivity index (χ1n) is 14.9. The Bertz CT molecular complexity index is 1810. The Morgan fingerprint density at radius 2 is 1.65 bits per heavy atom. The zero-order valence-electron chi connectivity index (χ0n) is 26.5. The highest BCUT2D eigenvalue weighted by Crippen LogP contribution is 2.37. The van der Waals surface area contributed by atoms with Crippen molar-refractivity contribution in [3.63, 3.8) is 0 Å². The average Bonchev–Trinajstić information content (AvgIpc) is 3.05. The molecular formula is C30H34F3N9O5S. The van der Waals surface area contributed by atoms with Crippen LogP contribution in [0, 0.1) is 0 Å². The van der Waals surface area contributed by atoms with Crippen molar-refractivity contribution in [2.24, 2.45) is 0 Å². The van der Waals surface area contributed by atoms with Gasteiger partial charge in [0.2, 0.25) is 12.4 Å². The predicted molar refractivity (Wildman–Crippen MR) is 167 cm³/mol. The second-order valence-corrected chi connectivity index (χ2v) is 13.4. The summed E-state index contributed by atoms with van der Waals surface area (Å²) in [6.07, 6.45) is 5.81. The number of halogens is 3. The van der Waals surface area contributed by atoms with Gasteiger partial charge in [-0.15, -0.1) is 0 Å². The quantitative estimate of drug-likeness (QED) is 0.215. The minimum absolute atomic E-state index is 0.0461. The van der Waals surface area contributed by atoms with Gasteiger partial charge in [-0.1, -0.05) is 0 Å². The van der Waals surface area contributed by atoms with E-state index in [2.05, 4.69) is 40.2 Å². The van der Waals surface area contributed by atoms with Crippen LogP contribution >= 0.6 is 0 Å². The van der Waals surface area contributed by atoms with E-state index in [1.807, 2.05) is 0 Å². The molecule has 0 amide bonds. The van der Waals surface area contributed by atoms with Crippen LogP contribution in [0.3, 0.4) is 0 Å². The van der Waals surface area contributed by atoms with Gasteiger partial charge in [0.05, 0.1) is 41.9 Å². The van der Waals surface area contributed by atoms with Crippen molar-refractivity contribution in [1.29, 1.82) is 0 Å². The lowest BCUT2D eigenvalue weighted by Crippen LogP contribution is -2.49. The first-order chi connectivity index (χ1) is 22.7. The van der Waals surface area contributed by atoms with Gasteiger partial charge in [0, 0.05) is 60.5 Å². The van der Waals surface area contributed by atoms with Gasteiger partial charge < -0.3 is 24.8 Å². The molecule has 4 heterocycles. The maximum Gasteiger partial charge on any atom is 0.419 e. The van der Waals surface area contributed by atoms with E-state index >= 15 is 0 Å². The molecule has 4 aromatic heterocycles. The molecular weight excluding hydrogens is 655 g/mol. The fourth-order valence-electron chi connectivity index (χ4n) is 5.26. The number of rotatable bonds is 11. The van der Waals surface area contributed by atoms with Crippen LogP contribution in [0.4, 0.5) is 24.9 Å². The molecule has 0 spiro atoms. The number of nitrogens with zero attached hydrogens (tertiary/aromatic N) is 8. The van der Waals surface area contributed by atoms with Gasteiger partial charge in [-0.2, -0.15) is 13.2 Å². The fraction of sp³-hybridized carbons (Fsp3) is 0.433. The number of nitrogens with one attached hydrogen (secondary N) is 1. The molecule has 1 saturated carbocycles. The molecule has 18 heteroatoms. The zero-order chi connectivity index (χ0) is 34.6. The standard InChI is InChI=1S/C30H34F3N9O5S/c1-17(2)47-29(43)42(25-16-35-24(15-36-25)19-11-38-28(46-3)39-12-19)21-7-5-20(6-8-21)40-27-37-14-23(30(31,32)33)26(41-27)18-9-22(13-34-10-18)48(4,44)45/h9-17,20-21,29,43H,5-8H2,1-4H3,(H,37,40,41)/t20-,21-,29?. The van der Waals surface area contributed by atoms with Gasteiger partial charge in [0.1, 0.15) is 5.56 Å². The van der Waals surface area contributed by atoms with E-state index in [-0.39, 0.29) is 40.6 Å². The first kappa shape index (κ1) is 34.8. The Kier molecular flexibility index (Phi) is 10.4. The number of aliphatic hydroxyl groups excluding tert-OH is 1. The monoisotopic (exact) mass is 689 g/mol. The average molecular weight is 690 g/mol. The molecule has 48 heavy (non-hydrogen) atoms. The molecule has 2 N–H and O–H groups in total. The molecule has 256 valence electrons. The molecule has 0 aliphatic heterocycles. The number of alkyl halides is 3. The number of methoxy groups -OCH3 is 1. The molecule has 1 aliphatic rings. The van der Waals surface area contributed by atoms with Gasteiger partial charge in [0.25, 0.3) is 0 Å². The van der Waals surface area contributed by atoms with Gasteiger partial charge in [-0.05, 0) is 45.6 Å². The summed E-state index contributed by atoms with van der Waals surface area (Å²) < 4.78 is 76.5. The lowest BCUT2D eigenvalue weighted by molar-refractivity contribution is -0.137. The summed E-state index contributed by atoms with van der Waals surface area (Å²) in [7, 11) is -2.26. The Hall–Kier alpha value is -4.55. The number of sulfone groups is 1. The largest absolute Gasteiger partial charge is 0.467 e. The summed E-state index contributed by atoms with van der Waals surface area (Å²) in [5, 5.41) is 14.2. The predicted octanol–water partition coefficient (Wildman–Crippen LogP) is 4.15. The maximum atomic E-state index is 13.9. The Morgan fingerprint density at radius 1 is 0.938 bits per heavy atom. The van der Waals surface area contributed by atoms with E-state index in [0.29, 0.717) is 49.0 Å². The van der Waals surface area contributed by atoms with Crippen LogP contribution in [0.5, 0.6) is 6.01 Å². The van der Waals surface area contributed by atoms with Crippen LogP contribution in [-0.4, -0.2) is 86.4 Å². The number of pyridine rings is 1. The second kappa shape index (κ2) is 14.3. The van der Waals surface area contributed by atoms with E-state index in [1.165, 1.54) is 13.3 Å². The SMILES string of the molecule is COc1ncc(-c2cnc(N(C(O)OC(C)C)[C@H]3CC[C@H](Nc4ncc(C(F)(F)F)c(-c5cncc(S(C)(=O)=O)c5)n4)CC3)cn2)cn1. The second-order valence-electron chi connectivity index (χ2n) is 11.4. The number of hydrogen-bond donors (Lipinski definition) is 2. The summed E-state index contributed by atoms with van der Waals surface area (Å²) in [5.74, 6) is 0.341. The summed E-state index contributed by atoms with van der Waals surface area (Å²) in [6, 6.07) is 0.902. The number of ether oxygens (including phenoxy) is 2. The third-order valence-electron chi connectivity index (χ3n) is 7.57. The van der Waals surface area contributed by atoms with Crippen LogP contribution in [0.25, 0.3) is 22.5 Å². The van der Waals surface area contributed by atoms with Crippen molar-refractivity contribution in [2.75, 3.05) is 23.6 Å². The molecule has 0 aromatic carbocycles. The number of aliphatic hydroxyl groups is 1. The molecule has 14 nitrogen and oxygen atoms in total. The van der Waals surface area contributed by atoms with Crippen molar-refractivity contribution in [3.8, 4) is 28.5 Å². The Labute approximate surface area is 274 Å². The number of aromatic nitrogens is 7. The van der Waals surface area contributed by atoms with Crippen LogP contribution < -0.4 is 15.0 Å². The lowest BCUT2D eigenvalue weighted by atomic mass is 9.90. The van der Waals surface area contributed by atoms with Gasteiger partial charge in [-0.3, -0.25) is 9.97 Å². The highest BCUT2D eigenvalue weighted by molar-refractivity contribution is 7.90. The fourth-order valence-corrected chi connectivity index (χ4v) is 5.85. The van der Waals surface area contributed by atoms with Crippen molar-refractivity contribution in [2.45, 2.75) is 75.2 Å². The van der Waals surface area contributed by atoms with Gasteiger partial charge in [-0.25, -0.2) is 33.3 Å². The van der Waals surface area contributed by atoms with Crippen molar-refractivity contribution in [3.05, 3.63) is 55.0 Å². The maximum absolute atomic E-state index is 13.9. The minimum Gasteiger partial charge on any atom is -0.467 e. The van der Waals surface area contributed by atoms with E-state index in [1.54, 1.807) is 37.3 Å². The van der Waals surface area contributed by atoms with E-state index in [9.17, 15) is 26.7 Å². The topological polar surface area (TPSA) is 178 Å². The molecule has 1 unspecified atom stereocenters. The third kappa shape index (κ3) is 8.29. The van der Waals surface area contributed by atoms with Crippen molar-refractivity contribution >= 4 is 21.6 Å². The molecule has 0 radical (unpaired) electrons. The van der Waals surface area contributed by atoms with Gasteiger partial charge in [0.15, 0.2) is 15.7 Å². The molecule has 0 saturated heterocycles. The lowest BCUT2D eigenvalue weighted by Gasteiger charge is -2.40. The molecule has 1 fully saturated rings. The molecule has 5 rings (SSSR count). The highest BCUT2D eigenvalue weighted by atomic mass is 32.2. The number of hydrogen-bond acceptors (Lipinski definition) is 14. The van der Waals surface area contributed by atoms with Crippen LogP contribution in [-0.2, 0) is 20.8 Å². The zero-order valence-corrected chi connectivity index (χ0v) is 27.3. The first-order valence-corrected chi connectivity index (χ1v) is 16.8. The Morgan fingerprint density at radius 3 is 2.23 bits per heavy atom. The normalized spacial score (nSPS) is 17.6. The third-order valence-corrected chi connectivity index (χ3v) is 8.65.